The van der Waals surface area contributed by atoms with Crippen LogP contribution in [-0.2, 0) is 14.3 Å². The number of esters is 3. The van der Waals surface area contributed by atoms with Gasteiger partial charge in [0.25, 0.3) is 0 Å². The highest BCUT2D eigenvalue weighted by atomic mass is 16.6. The summed E-state index contributed by atoms with van der Waals surface area (Å²) in [5, 5.41) is 9.80. The summed E-state index contributed by atoms with van der Waals surface area (Å²) in [5.74, 6) is -2.36. The molecule has 0 saturated heterocycles. The first kappa shape index (κ1) is 37.2. The van der Waals surface area contributed by atoms with Gasteiger partial charge in [0.1, 0.15) is 28.4 Å². The van der Waals surface area contributed by atoms with E-state index in [1.807, 2.05) is 0 Å². The molecule has 0 spiro atoms. The predicted molar refractivity (Wildman–Crippen MR) is 171 cm³/mol. The first-order valence-corrected chi connectivity index (χ1v) is 15.7. The van der Waals surface area contributed by atoms with Crippen molar-refractivity contribution >= 4 is 29.5 Å². The molecule has 0 bridgehead atoms. The number of aromatic hydroxyl groups is 1. The number of hydrogen-bond acceptors (Lipinski definition) is 9. The highest BCUT2D eigenvalue weighted by Crippen LogP contribution is 2.30. The van der Waals surface area contributed by atoms with Crippen LogP contribution in [0, 0.1) is 5.41 Å². The number of ketones is 2. The summed E-state index contributed by atoms with van der Waals surface area (Å²) in [6.07, 6.45) is 6.05. The van der Waals surface area contributed by atoms with E-state index in [4.69, 9.17) is 14.2 Å². The van der Waals surface area contributed by atoms with E-state index in [9.17, 15) is 29.1 Å². The van der Waals surface area contributed by atoms with Gasteiger partial charge in [0.2, 0.25) is 0 Å². The number of unbranched alkanes of at least 4 members (excludes halogenated alkanes) is 5. The van der Waals surface area contributed by atoms with E-state index in [1.54, 1.807) is 47.6 Å². The Balaban J connectivity index is 1.98. The molecule has 0 fully saturated rings. The second-order valence-corrected chi connectivity index (χ2v) is 13.2. The lowest BCUT2D eigenvalue weighted by Crippen LogP contribution is -2.24. The number of Topliss-reactive ketones (excluding diaryl/α,β-unsaturated/α-hetero) is 2. The fraction of sp³-hybridized carbons (Fsp3) is 0.528. The van der Waals surface area contributed by atoms with Gasteiger partial charge in [0.05, 0.1) is 5.56 Å². The third-order valence-corrected chi connectivity index (χ3v) is 6.78. The molecule has 0 amide bonds. The first-order valence-electron chi connectivity index (χ1n) is 15.7. The first-order chi connectivity index (χ1) is 21.0. The zero-order chi connectivity index (χ0) is 33.8. The number of carbonyl (C=O) groups excluding carboxylic acids is 5. The van der Waals surface area contributed by atoms with E-state index in [2.05, 4.69) is 6.92 Å². The van der Waals surface area contributed by atoms with E-state index < -0.39 is 28.9 Å². The minimum atomic E-state index is -0.785. The molecule has 0 heterocycles. The Hall–Kier alpha value is -4.01. The maximum Gasteiger partial charge on any atom is 0.342 e. The number of rotatable bonds is 16. The molecule has 0 saturated carbocycles. The van der Waals surface area contributed by atoms with Gasteiger partial charge in [-0.05, 0) is 76.4 Å². The molecule has 2 aromatic rings. The number of benzene rings is 2. The van der Waals surface area contributed by atoms with Crippen LogP contribution in [0.4, 0.5) is 0 Å². The molecule has 2 aromatic carbocycles. The van der Waals surface area contributed by atoms with Crippen molar-refractivity contribution in [1.29, 1.82) is 0 Å². The Morgan fingerprint density at radius 1 is 0.667 bits per heavy atom. The van der Waals surface area contributed by atoms with Crippen LogP contribution in [0.1, 0.15) is 144 Å². The fourth-order valence-electron chi connectivity index (χ4n) is 4.39. The molecule has 0 aromatic heterocycles. The monoisotopic (exact) mass is 624 g/mol. The molecule has 1 N–H and O–H groups in total. The molecule has 0 atom stereocenters. The van der Waals surface area contributed by atoms with Crippen LogP contribution in [-0.4, -0.2) is 40.2 Å². The molecular formula is C36H48O9. The SMILES string of the molecule is CCCCCCCC(=O)c1ccc(OC(=O)CCCCC(=O)Oc2ccc(O)cc2C(=O)OC(C)(C)C)c(C(=O)C(C)(C)C)c1. The summed E-state index contributed by atoms with van der Waals surface area (Å²) in [5.41, 5.74) is -1.02. The Morgan fingerprint density at radius 3 is 1.76 bits per heavy atom. The summed E-state index contributed by atoms with van der Waals surface area (Å²) < 4.78 is 16.2. The number of phenolic OH excluding ortho intramolecular Hbond substituents is 1. The maximum atomic E-state index is 13.2. The summed E-state index contributed by atoms with van der Waals surface area (Å²) in [6, 6.07) is 8.38. The summed E-state index contributed by atoms with van der Waals surface area (Å²) in [6.45, 7) is 12.5. The van der Waals surface area contributed by atoms with Crippen molar-refractivity contribution in [2.24, 2.45) is 5.41 Å². The van der Waals surface area contributed by atoms with Crippen molar-refractivity contribution in [3.8, 4) is 17.2 Å². The molecule has 0 aliphatic heterocycles. The maximum absolute atomic E-state index is 13.2. The Bertz CT molecular complexity index is 1360. The molecule has 9 heteroatoms. The zero-order valence-corrected chi connectivity index (χ0v) is 27.7. The average Bonchev–Trinajstić information content (AvgIpc) is 2.94. The number of ether oxygens (including phenoxy) is 3. The standard InChI is InChI=1S/C36H48O9/c1-8-9-10-11-12-15-28(38)24-18-20-29(26(22-24)33(41)35(2,3)4)43-31(39)16-13-14-17-32(40)44-30-21-19-25(37)23-27(30)34(42)45-36(5,6)7/h18-23,37H,8-17H2,1-7H3. The van der Waals surface area contributed by atoms with E-state index >= 15 is 0 Å². The number of hydrogen-bond donors (Lipinski definition) is 1. The lowest BCUT2D eigenvalue weighted by molar-refractivity contribution is -0.136. The summed E-state index contributed by atoms with van der Waals surface area (Å²) in [7, 11) is 0. The van der Waals surface area contributed by atoms with Crippen molar-refractivity contribution in [2.75, 3.05) is 0 Å². The minimum absolute atomic E-state index is 0.0166. The van der Waals surface area contributed by atoms with Crippen molar-refractivity contribution < 1.29 is 43.3 Å². The normalized spacial score (nSPS) is 11.5. The van der Waals surface area contributed by atoms with E-state index in [-0.39, 0.29) is 52.8 Å². The highest BCUT2D eigenvalue weighted by Gasteiger charge is 2.28. The average molecular weight is 625 g/mol. The van der Waals surface area contributed by atoms with Crippen molar-refractivity contribution in [1.82, 2.24) is 0 Å². The van der Waals surface area contributed by atoms with Crippen LogP contribution in [0.3, 0.4) is 0 Å². The second-order valence-electron chi connectivity index (χ2n) is 13.2. The van der Waals surface area contributed by atoms with Crippen molar-refractivity contribution in [3.63, 3.8) is 0 Å². The fourth-order valence-corrected chi connectivity index (χ4v) is 4.39. The molecule has 0 unspecified atom stereocenters. The van der Waals surface area contributed by atoms with Crippen molar-refractivity contribution in [2.45, 2.75) is 118 Å². The van der Waals surface area contributed by atoms with Crippen LogP contribution in [0.15, 0.2) is 36.4 Å². The molecule has 0 radical (unpaired) electrons. The van der Waals surface area contributed by atoms with Crippen LogP contribution in [0.2, 0.25) is 0 Å². The van der Waals surface area contributed by atoms with Crippen LogP contribution < -0.4 is 9.47 Å². The largest absolute Gasteiger partial charge is 0.508 e. The molecule has 0 aliphatic carbocycles. The molecule has 0 aliphatic rings. The van der Waals surface area contributed by atoms with Gasteiger partial charge in [-0.2, -0.15) is 0 Å². The molecule has 2 rings (SSSR count). The van der Waals surface area contributed by atoms with Crippen molar-refractivity contribution in [3.05, 3.63) is 53.1 Å². The van der Waals surface area contributed by atoms with Gasteiger partial charge in [-0.1, -0.05) is 53.4 Å². The van der Waals surface area contributed by atoms with Crippen LogP contribution >= 0.6 is 0 Å². The van der Waals surface area contributed by atoms with Gasteiger partial charge < -0.3 is 19.3 Å². The van der Waals surface area contributed by atoms with E-state index in [0.29, 0.717) is 24.8 Å². The third-order valence-electron chi connectivity index (χ3n) is 6.78. The quantitative estimate of drug-likeness (QED) is 0.0849. The Kier molecular flexibility index (Phi) is 14.0. The summed E-state index contributed by atoms with van der Waals surface area (Å²) in [4.78, 5) is 63.7. The van der Waals surface area contributed by atoms with Crippen LogP contribution in [0.5, 0.6) is 17.2 Å². The van der Waals surface area contributed by atoms with Gasteiger partial charge >= 0.3 is 17.9 Å². The predicted octanol–water partition coefficient (Wildman–Crippen LogP) is 8.19. The lowest BCUT2D eigenvalue weighted by atomic mass is 9.85. The van der Waals surface area contributed by atoms with E-state index in [0.717, 1.165) is 32.1 Å². The molecule has 9 nitrogen and oxygen atoms in total. The van der Waals surface area contributed by atoms with Gasteiger partial charge in [-0.15, -0.1) is 0 Å². The molecular weight excluding hydrogens is 576 g/mol. The molecule has 45 heavy (non-hydrogen) atoms. The topological polar surface area (TPSA) is 133 Å². The Morgan fingerprint density at radius 2 is 1.20 bits per heavy atom. The van der Waals surface area contributed by atoms with Gasteiger partial charge in [0, 0.05) is 30.2 Å². The zero-order valence-electron chi connectivity index (χ0n) is 27.7. The lowest BCUT2D eigenvalue weighted by Gasteiger charge is -2.20. The van der Waals surface area contributed by atoms with Gasteiger partial charge in [-0.3, -0.25) is 19.2 Å². The number of phenols is 1. The number of carbonyl (C=O) groups is 5. The van der Waals surface area contributed by atoms with Crippen LogP contribution in [0.25, 0.3) is 0 Å². The Labute approximate surface area is 266 Å². The second kappa shape index (κ2) is 16.9. The van der Waals surface area contributed by atoms with Gasteiger partial charge in [0.15, 0.2) is 11.6 Å². The minimum Gasteiger partial charge on any atom is -0.508 e. The van der Waals surface area contributed by atoms with E-state index in [1.165, 1.54) is 30.3 Å². The smallest absolute Gasteiger partial charge is 0.342 e. The van der Waals surface area contributed by atoms with Gasteiger partial charge in [-0.25, -0.2) is 4.79 Å². The molecule has 246 valence electrons. The summed E-state index contributed by atoms with van der Waals surface area (Å²) >= 11 is 0. The highest BCUT2D eigenvalue weighted by molar-refractivity contribution is 6.05. The third kappa shape index (κ3) is 12.9.